The second kappa shape index (κ2) is 5.36. The van der Waals surface area contributed by atoms with E-state index in [1.54, 1.807) is 11.8 Å². The van der Waals surface area contributed by atoms with Gasteiger partial charge in [-0.25, -0.2) is 9.97 Å². The molecule has 0 amide bonds. The highest BCUT2D eigenvalue weighted by atomic mass is 32.2. The Morgan fingerprint density at radius 1 is 1.06 bits per heavy atom. The van der Waals surface area contributed by atoms with Gasteiger partial charge in [0.25, 0.3) is 0 Å². The van der Waals surface area contributed by atoms with Gasteiger partial charge in [-0.3, -0.25) is 0 Å². The predicted molar refractivity (Wildman–Crippen MR) is 70.4 cm³/mol. The van der Waals surface area contributed by atoms with E-state index >= 15 is 0 Å². The number of hydrogen-bond donors (Lipinski definition) is 1. The van der Waals surface area contributed by atoms with Crippen LogP contribution in [0.25, 0.3) is 0 Å². The average Bonchev–Trinajstić information content (AvgIpc) is 2.29. The van der Waals surface area contributed by atoms with E-state index in [1.807, 2.05) is 13.8 Å². The van der Waals surface area contributed by atoms with Crippen LogP contribution in [0, 0.1) is 20.8 Å². The maximum atomic E-state index is 9.95. The Labute approximate surface area is 107 Å². The quantitative estimate of drug-likeness (QED) is 0.822. The van der Waals surface area contributed by atoms with Gasteiger partial charge in [-0.05, 0) is 39.2 Å². The first-order chi connectivity index (χ1) is 8.08. The maximum Gasteiger partial charge on any atom is 0.188 e. The zero-order chi connectivity index (χ0) is 12.4. The van der Waals surface area contributed by atoms with Crippen LogP contribution >= 0.6 is 11.8 Å². The van der Waals surface area contributed by atoms with Crippen molar-refractivity contribution in [1.82, 2.24) is 9.97 Å². The first kappa shape index (κ1) is 12.8. The zero-order valence-corrected chi connectivity index (χ0v) is 11.5. The summed E-state index contributed by atoms with van der Waals surface area (Å²) in [5.41, 5.74) is 3.26. The second-order valence-electron chi connectivity index (χ2n) is 4.81. The van der Waals surface area contributed by atoms with Crippen molar-refractivity contribution in [3.63, 3.8) is 0 Å². The van der Waals surface area contributed by atoms with Crippen LogP contribution in [0.5, 0.6) is 0 Å². The molecule has 0 spiro atoms. The molecule has 1 heterocycles. The molecule has 1 aromatic rings. The third-order valence-electron chi connectivity index (χ3n) is 3.54. The van der Waals surface area contributed by atoms with Gasteiger partial charge in [0, 0.05) is 16.6 Å². The summed E-state index contributed by atoms with van der Waals surface area (Å²) >= 11 is 1.64. The van der Waals surface area contributed by atoms with Gasteiger partial charge in [-0.2, -0.15) is 0 Å². The lowest BCUT2D eigenvalue weighted by Gasteiger charge is -2.26. The van der Waals surface area contributed by atoms with Crippen LogP contribution in [0.3, 0.4) is 0 Å². The number of aromatic nitrogens is 2. The molecule has 1 N–H and O–H groups in total. The number of hydrogen-bond acceptors (Lipinski definition) is 4. The Balaban J connectivity index is 2.12. The predicted octanol–water partition coefficient (Wildman–Crippen LogP) is 2.80. The molecular formula is C13H20N2OS. The van der Waals surface area contributed by atoms with Crippen LogP contribution in [0.15, 0.2) is 5.16 Å². The lowest BCUT2D eigenvalue weighted by Crippen LogP contribution is -2.27. The summed E-state index contributed by atoms with van der Waals surface area (Å²) in [5.74, 6) is 0. The number of nitrogens with zero attached hydrogens (tertiary/aromatic N) is 2. The van der Waals surface area contributed by atoms with Crippen molar-refractivity contribution in [2.75, 3.05) is 0 Å². The van der Waals surface area contributed by atoms with Crippen LogP contribution in [0.2, 0.25) is 0 Å². The van der Waals surface area contributed by atoms with Gasteiger partial charge < -0.3 is 5.11 Å². The van der Waals surface area contributed by atoms with E-state index in [0.29, 0.717) is 0 Å². The molecular weight excluding hydrogens is 232 g/mol. The molecule has 1 fully saturated rings. The molecule has 1 aliphatic carbocycles. The monoisotopic (exact) mass is 252 g/mol. The van der Waals surface area contributed by atoms with Gasteiger partial charge in [0.05, 0.1) is 6.10 Å². The third kappa shape index (κ3) is 2.99. The summed E-state index contributed by atoms with van der Waals surface area (Å²) < 4.78 is 0. The summed E-state index contributed by atoms with van der Waals surface area (Å²) in [6.07, 6.45) is 4.14. The molecule has 0 radical (unpaired) electrons. The van der Waals surface area contributed by atoms with Crippen LogP contribution in [-0.4, -0.2) is 26.4 Å². The third-order valence-corrected chi connectivity index (χ3v) is 4.78. The van der Waals surface area contributed by atoms with E-state index in [-0.39, 0.29) is 11.4 Å². The summed E-state index contributed by atoms with van der Waals surface area (Å²) in [7, 11) is 0. The van der Waals surface area contributed by atoms with Crippen molar-refractivity contribution in [3.8, 4) is 0 Å². The van der Waals surface area contributed by atoms with Crippen LogP contribution in [-0.2, 0) is 0 Å². The van der Waals surface area contributed by atoms with E-state index in [0.717, 1.165) is 35.8 Å². The molecule has 94 valence electrons. The summed E-state index contributed by atoms with van der Waals surface area (Å²) in [6.45, 7) is 6.09. The van der Waals surface area contributed by atoms with Crippen molar-refractivity contribution in [3.05, 3.63) is 17.0 Å². The smallest absolute Gasteiger partial charge is 0.188 e. The van der Waals surface area contributed by atoms with E-state index in [4.69, 9.17) is 0 Å². The molecule has 1 aliphatic rings. The van der Waals surface area contributed by atoms with Gasteiger partial charge in [0.1, 0.15) is 0 Å². The number of thioether (sulfide) groups is 1. The molecule has 4 heteroatoms. The molecule has 17 heavy (non-hydrogen) atoms. The highest BCUT2D eigenvalue weighted by molar-refractivity contribution is 7.99. The van der Waals surface area contributed by atoms with E-state index < -0.39 is 0 Å². The summed E-state index contributed by atoms with van der Waals surface area (Å²) in [4.78, 5) is 9.01. The molecule has 2 rings (SSSR count). The fraction of sp³-hybridized carbons (Fsp3) is 0.692. The minimum atomic E-state index is -0.195. The molecule has 1 aromatic heterocycles. The van der Waals surface area contributed by atoms with Crippen molar-refractivity contribution >= 4 is 11.8 Å². The van der Waals surface area contributed by atoms with Gasteiger partial charge >= 0.3 is 0 Å². The number of aliphatic hydroxyl groups is 1. The van der Waals surface area contributed by atoms with Crippen molar-refractivity contribution in [2.45, 2.75) is 63.0 Å². The van der Waals surface area contributed by atoms with Gasteiger partial charge in [0.2, 0.25) is 0 Å². The normalized spacial score (nSPS) is 24.9. The van der Waals surface area contributed by atoms with Crippen molar-refractivity contribution in [1.29, 1.82) is 0 Å². The molecule has 0 aromatic carbocycles. The first-order valence-corrected chi connectivity index (χ1v) is 7.12. The minimum absolute atomic E-state index is 0.195. The minimum Gasteiger partial charge on any atom is -0.392 e. The fourth-order valence-corrected chi connectivity index (χ4v) is 3.37. The van der Waals surface area contributed by atoms with Crippen molar-refractivity contribution in [2.24, 2.45) is 0 Å². The van der Waals surface area contributed by atoms with E-state index in [1.165, 1.54) is 12.0 Å². The summed E-state index contributed by atoms with van der Waals surface area (Å²) in [5, 5.41) is 11.0. The van der Waals surface area contributed by atoms with Gasteiger partial charge in [-0.15, -0.1) is 0 Å². The number of aliphatic hydroxyl groups excluding tert-OH is 1. The van der Waals surface area contributed by atoms with Gasteiger partial charge in [-0.1, -0.05) is 24.6 Å². The summed E-state index contributed by atoms with van der Waals surface area (Å²) in [6, 6.07) is 0. The Bertz CT molecular complexity index is 385. The Hall–Kier alpha value is -0.610. The lowest BCUT2D eigenvalue weighted by molar-refractivity contribution is 0.137. The van der Waals surface area contributed by atoms with Crippen molar-refractivity contribution < 1.29 is 5.11 Å². The number of aryl methyl sites for hydroxylation is 2. The van der Waals surface area contributed by atoms with Crippen LogP contribution in [0.1, 0.15) is 42.6 Å². The molecule has 2 atom stereocenters. The molecule has 1 saturated carbocycles. The largest absolute Gasteiger partial charge is 0.392 e. The standard InChI is InChI=1S/C13H20N2OS/c1-8-9(2)14-13(15-10(8)3)17-12-7-5-4-6-11(12)16/h11-12,16H,4-7H2,1-3H3/t11-,12-/m1/s1. The Morgan fingerprint density at radius 3 is 2.24 bits per heavy atom. The fourth-order valence-electron chi connectivity index (χ4n) is 2.14. The first-order valence-electron chi connectivity index (χ1n) is 6.24. The lowest BCUT2D eigenvalue weighted by atomic mass is 9.97. The SMILES string of the molecule is Cc1nc(S[C@@H]2CCCC[C@H]2O)nc(C)c1C. The molecule has 0 unspecified atom stereocenters. The Kier molecular flexibility index (Phi) is 4.05. The highest BCUT2D eigenvalue weighted by Crippen LogP contribution is 2.32. The Morgan fingerprint density at radius 2 is 1.65 bits per heavy atom. The zero-order valence-electron chi connectivity index (χ0n) is 10.7. The van der Waals surface area contributed by atoms with Crippen LogP contribution < -0.4 is 0 Å². The van der Waals surface area contributed by atoms with E-state index in [2.05, 4.69) is 16.9 Å². The van der Waals surface area contributed by atoms with Gasteiger partial charge in [0.15, 0.2) is 5.16 Å². The van der Waals surface area contributed by atoms with Crippen LogP contribution in [0.4, 0.5) is 0 Å². The second-order valence-corrected chi connectivity index (χ2v) is 6.02. The molecule has 0 aliphatic heterocycles. The highest BCUT2D eigenvalue weighted by Gasteiger charge is 2.25. The average molecular weight is 252 g/mol. The maximum absolute atomic E-state index is 9.95. The topological polar surface area (TPSA) is 46.0 Å². The molecule has 0 saturated heterocycles. The molecule has 3 nitrogen and oxygen atoms in total. The molecule has 0 bridgehead atoms. The van der Waals surface area contributed by atoms with E-state index in [9.17, 15) is 5.11 Å². The number of rotatable bonds is 2.